The number of nitro benzene ring substituents is 1. The van der Waals surface area contributed by atoms with Gasteiger partial charge in [0.25, 0.3) is 5.69 Å². The second-order valence-corrected chi connectivity index (χ2v) is 3.46. The lowest BCUT2D eigenvalue weighted by atomic mass is 9.98. The van der Waals surface area contributed by atoms with Gasteiger partial charge >= 0.3 is 5.97 Å². The summed E-state index contributed by atoms with van der Waals surface area (Å²) in [5.41, 5.74) is -0.373. The molecule has 0 radical (unpaired) electrons. The van der Waals surface area contributed by atoms with Crippen LogP contribution in [-0.2, 0) is 9.53 Å². The van der Waals surface area contributed by atoms with Crippen LogP contribution in [0.5, 0.6) is 0 Å². The third-order valence-corrected chi connectivity index (χ3v) is 2.32. The highest BCUT2D eigenvalue weighted by atomic mass is 16.6. The molecular weight excluding hydrogens is 250 g/mol. The minimum Gasteiger partial charge on any atom is -0.465 e. The SMILES string of the molecule is CCOC(=O)C(C#N)c1ccc([N+](=O)[O-])c(C#N)c1. The quantitative estimate of drug-likeness (QED) is 0.460. The highest BCUT2D eigenvalue weighted by Gasteiger charge is 2.24. The molecule has 0 aliphatic carbocycles. The molecule has 0 N–H and O–H groups in total. The third kappa shape index (κ3) is 3.05. The van der Waals surface area contributed by atoms with E-state index in [9.17, 15) is 14.9 Å². The van der Waals surface area contributed by atoms with E-state index in [2.05, 4.69) is 0 Å². The molecule has 7 nitrogen and oxygen atoms in total. The van der Waals surface area contributed by atoms with Gasteiger partial charge < -0.3 is 4.74 Å². The van der Waals surface area contributed by atoms with Crippen molar-refractivity contribution >= 4 is 11.7 Å². The first-order valence-electron chi connectivity index (χ1n) is 5.29. The molecule has 0 saturated heterocycles. The Bertz CT molecular complexity index is 598. The van der Waals surface area contributed by atoms with Gasteiger partial charge in [0.05, 0.1) is 17.6 Å². The summed E-state index contributed by atoms with van der Waals surface area (Å²) in [6.45, 7) is 1.72. The lowest BCUT2D eigenvalue weighted by molar-refractivity contribution is -0.385. The Morgan fingerprint density at radius 1 is 1.53 bits per heavy atom. The molecule has 0 aliphatic rings. The van der Waals surface area contributed by atoms with Gasteiger partial charge in [-0.2, -0.15) is 10.5 Å². The molecule has 0 aromatic heterocycles. The average Bonchev–Trinajstić information content (AvgIpc) is 2.39. The first-order valence-corrected chi connectivity index (χ1v) is 5.29. The molecule has 0 aliphatic heterocycles. The van der Waals surface area contributed by atoms with Crippen LogP contribution in [0, 0.1) is 32.8 Å². The molecule has 0 saturated carbocycles. The van der Waals surface area contributed by atoms with Crippen molar-refractivity contribution in [2.45, 2.75) is 12.8 Å². The number of hydrogen-bond acceptors (Lipinski definition) is 6. The molecule has 1 atom stereocenters. The summed E-state index contributed by atoms with van der Waals surface area (Å²) in [4.78, 5) is 21.5. The maximum atomic E-state index is 11.5. The highest BCUT2D eigenvalue weighted by Crippen LogP contribution is 2.24. The van der Waals surface area contributed by atoms with E-state index in [1.165, 1.54) is 6.07 Å². The largest absolute Gasteiger partial charge is 0.465 e. The van der Waals surface area contributed by atoms with Crippen molar-refractivity contribution in [2.75, 3.05) is 6.61 Å². The Morgan fingerprint density at radius 2 is 2.21 bits per heavy atom. The fourth-order valence-electron chi connectivity index (χ4n) is 1.47. The van der Waals surface area contributed by atoms with Gasteiger partial charge in [-0.05, 0) is 18.6 Å². The van der Waals surface area contributed by atoms with E-state index in [0.717, 1.165) is 12.1 Å². The van der Waals surface area contributed by atoms with E-state index in [4.69, 9.17) is 15.3 Å². The maximum Gasteiger partial charge on any atom is 0.327 e. The summed E-state index contributed by atoms with van der Waals surface area (Å²) in [5, 5.41) is 28.5. The first kappa shape index (κ1) is 14.1. The number of ether oxygens (including phenoxy) is 1. The number of carbonyl (C=O) groups is 1. The van der Waals surface area contributed by atoms with Gasteiger partial charge in [-0.1, -0.05) is 6.07 Å². The molecule has 0 amide bonds. The molecular formula is C12H9N3O4. The minimum atomic E-state index is -1.20. The van der Waals surface area contributed by atoms with Crippen molar-refractivity contribution in [1.82, 2.24) is 0 Å². The van der Waals surface area contributed by atoms with Crippen molar-refractivity contribution in [3.63, 3.8) is 0 Å². The summed E-state index contributed by atoms with van der Waals surface area (Å²) in [7, 11) is 0. The van der Waals surface area contributed by atoms with Crippen molar-refractivity contribution in [2.24, 2.45) is 0 Å². The molecule has 19 heavy (non-hydrogen) atoms. The van der Waals surface area contributed by atoms with Gasteiger partial charge in [-0.15, -0.1) is 0 Å². The molecule has 0 fully saturated rings. The summed E-state index contributed by atoms with van der Waals surface area (Å²) in [6, 6.07) is 6.93. The molecule has 96 valence electrons. The summed E-state index contributed by atoms with van der Waals surface area (Å²) in [6.07, 6.45) is 0. The van der Waals surface area contributed by atoms with Crippen molar-refractivity contribution in [3.05, 3.63) is 39.4 Å². The maximum absolute atomic E-state index is 11.5. The zero-order chi connectivity index (χ0) is 14.4. The second-order valence-electron chi connectivity index (χ2n) is 3.46. The van der Waals surface area contributed by atoms with Crippen molar-refractivity contribution in [3.8, 4) is 12.1 Å². The zero-order valence-electron chi connectivity index (χ0n) is 9.99. The molecule has 0 bridgehead atoms. The van der Waals surface area contributed by atoms with E-state index >= 15 is 0 Å². The number of nitriles is 2. The zero-order valence-corrected chi connectivity index (χ0v) is 9.99. The van der Waals surface area contributed by atoms with Crippen LogP contribution in [0.15, 0.2) is 18.2 Å². The lowest BCUT2D eigenvalue weighted by Crippen LogP contribution is -2.14. The number of esters is 1. The minimum absolute atomic E-state index is 0.120. The topological polar surface area (TPSA) is 117 Å². The molecule has 1 aromatic rings. The van der Waals surface area contributed by atoms with Crippen LogP contribution < -0.4 is 0 Å². The van der Waals surface area contributed by atoms with Gasteiger partial charge in [0.2, 0.25) is 0 Å². The number of nitrogens with zero attached hydrogens (tertiary/aromatic N) is 3. The van der Waals surface area contributed by atoms with E-state index in [1.807, 2.05) is 0 Å². The molecule has 7 heteroatoms. The van der Waals surface area contributed by atoms with Crippen LogP contribution >= 0.6 is 0 Å². The Balaban J connectivity index is 3.22. The molecule has 0 spiro atoms. The van der Waals surface area contributed by atoms with Crippen molar-refractivity contribution in [1.29, 1.82) is 10.5 Å². The summed E-state index contributed by atoms with van der Waals surface area (Å²) in [5.74, 6) is -1.95. The average molecular weight is 259 g/mol. The van der Waals surface area contributed by atoms with Gasteiger partial charge in [0, 0.05) is 6.07 Å². The monoisotopic (exact) mass is 259 g/mol. The Kier molecular flexibility index (Phi) is 4.56. The van der Waals surface area contributed by atoms with Crippen LogP contribution in [0.2, 0.25) is 0 Å². The lowest BCUT2D eigenvalue weighted by Gasteiger charge is -2.08. The number of hydrogen-bond donors (Lipinski definition) is 0. The van der Waals surface area contributed by atoms with E-state index in [1.54, 1.807) is 19.1 Å². The van der Waals surface area contributed by atoms with Crippen LogP contribution in [-0.4, -0.2) is 17.5 Å². The smallest absolute Gasteiger partial charge is 0.327 e. The van der Waals surface area contributed by atoms with Gasteiger partial charge in [0.1, 0.15) is 11.6 Å². The third-order valence-electron chi connectivity index (χ3n) is 2.32. The highest BCUT2D eigenvalue weighted by molar-refractivity contribution is 5.81. The summed E-state index contributed by atoms with van der Waals surface area (Å²) >= 11 is 0. The van der Waals surface area contributed by atoms with Gasteiger partial charge in [-0.3, -0.25) is 14.9 Å². The Labute approximate surface area is 108 Å². The Hall–Kier alpha value is -2.93. The van der Waals surface area contributed by atoms with Crippen LogP contribution in [0.1, 0.15) is 24.0 Å². The van der Waals surface area contributed by atoms with Gasteiger partial charge in [-0.25, -0.2) is 0 Å². The van der Waals surface area contributed by atoms with Crippen molar-refractivity contribution < 1.29 is 14.5 Å². The first-order chi connectivity index (χ1) is 9.04. The Morgan fingerprint density at radius 3 is 2.68 bits per heavy atom. The predicted molar refractivity (Wildman–Crippen MR) is 62.8 cm³/mol. The number of benzene rings is 1. The van der Waals surface area contributed by atoms with E-state index in [-0.39, 0.29) is 23.4 Å². The number of carbonyl (C=O) groups excluding carboxylic acids is 1. The van der Waals surface area contributed by atoms with E-state index in [0.29, 0.717) is 0 Å². The second kappa shape index (κ2) is 6.12. The van der Waals surface area contributed by atoms with Gasteiger partial charge in [0.15, 0.2) is 5.92 Å². The fraction of sp³-hybridized carbons (Fsp3) is 0.250. The number of nitro groups is 1. The fourth-order valence-corrected chi connectivity index (χ4v) is 1.47. The van der Waals surface area contributed by atoms with Crippen LogP contribution in [0.4, 0.5) is 5.69 Å². The molecule has 1 aromatic carbocycles. The van der Waals surface area contributed by atoms with Crippen LogP contribution in [0.25, 0.3) is 0 Å². The standard InChI is InChI=1S/C12H9N3O4/c1-2-19-12(16)10(7-14)8-3-4-11(15(17)18)9(5-8)6-13/h3-5,10H,2H2,1H3. The summed E-state index contributed by atoms with van der Waals surface area (Å²) < 4.78 is 4.72. The normalized spacial score (nSPS) is 10.9. The van der Waals surface area contributed by atoms with Crippen LogP contribution in [0.3, 0.4) is 0 Å². The number of rotatable bonds is 4. The van der Waals surface area contributed by atoms with E-state index < -0.39 is 16.8 Å². The molecule has 0 heterocycles. The predicted octanol–water partition coefficient (Wildman–Crippen LogP) is 1.64. The molecule has 1 rings (SSSR count). The molecule has 1 unspecified atom stereocenters.